The van der Waals surface area contributed by atoms with Gasteiger partial charge in [-0.2, -0.15) is 0 Å². The van der Waals surface area contributed by atoms with E-state index in [4.69, 9.17) is 0 Å². The molecule has 0 unspecified atom stereocenters. The topological polar surface area (TPSA) is 70.6 Å². The predicted octanol–water partition coefficient (Wildman–Crippen LogP) is 0.612. The Morgan fingerprint density at radius 2 is 1.94 bits per heavy atom. The summed E-state index contributed by atoms with van der Waals surface area (Å²) in [5, 5.41) is 6.16. The zero-order valence-electron chi connectivity index (χ0n) is 10.3. The summed E-state index contributed by atoms with van der Waals surface area (Å²) in [6, 6.07) is 0.311. The van der Waals surface area contributed by atoms with E-state index in [2.05, 4.69) is 15.6 Å². The monoisotopic (exact) mass is 363 g/mol. The van der Waals surface area contributed by atoms with Crippen molar-refractivity contribution in [2.24, 2.45) is 4.99 Å². The molecule has 0 aromatic rings. The second kappa shape index (κ2) is 9.03. The maximum absolute atomic E-state index is 10.8. The van der Waals surface area contributed by atoms with Crippen LogP contribution >= 0.6 is 24.0 Å². The predicted molar refractivity (Wildman–Crippen MR) is 79.4 cm³/mol. The molecule has 5 nitrogen and oxygen atoms in total. The van der Waals surface area contributed by atoms with Crippen molar-refractivity contribution in [3.63, 3.8) is 0 Å². The van der Waals surface area contributed by atoms with Crippen LogP contribution in [0.4, 0.5) is 0 Å². The van der Waals surface area contributed by atoms with Gasteiger partial charge in [-0.1, -0.05) is 0 Å². The zero-order valence-corrected chi connectivity index (χ0v) is 13.4. The molecule has 0 aromatic carbocycles. The molecule has 0 saturated carbocycles. The summed E-state index contributed by atoms with van der Waals surface area (Å²) in [6.07, 6.45) is 1.84. The van der Waals surface area contributed by atoms with Crippen LogP contribution in [0.25, 0.3) is 0 Å². The van der Waals surface area contributed by atoms with Crippen LogP contribution in [0.5, 0.6) is 0 Å². The van der Waals surface area contributed by atoms with Crippen LogP contribution in [-0.4, -0.2) is 46.0 Å². The van der Waals surface area contributed by atoms with Gasteiger partial charge in [0.05, 0.1) is 5.75 Å². The van der Waals surface area contributed by atoms with E-state index in [1.807, 2.05) is 13.8 Å². The van der Waals surface area contributed by atoms with E-state index in [9.17, 15) is 8.42 Å². The molecular formula is C9H22IN3O2S. The average molecular weight is 363 g/mol. The molecule has 0 spiro atoms. The van der Waals surface area contributed by atoms with Crippen molar-refractivity contribution in [3.8, 4) is 0 Å². The van der Waals surface area contributed by atoms with E-state index in [1.54, 1.807) is 7.05 Å². The Kier molecular flexibility index (Phi) is 10.3. The van der Waals surface area contributed by atoms with E-state index in [1.165, 1.54) is 6.26 Å². The molecule has 0 rings (SSSR count). The standard InChI is InChI=1S/C9H21N3O2S.HI/c1-8(2)12-9(10-3)11-6-5-7-15(4,13)14;/h8H,5-7H2,1-4H3,(H2,10,11,12);1H. The van der Waals surface area contributed by atoms with Crippen LogP contribution in [0.15, 0.2) is 4.99 Å². The van der Waals surface area contributed by atoms with E-state index < -0.39 is 9.84 Å². The number of sulfone groups is 1. The molecule has 0 fully saturated rings. The minimum atomic E-state index is -2.85. The van der Waals surface area contributed by atoms with Crippen LogP contribution in [-0.2, 0) is 9.84 Å². The molecule has 0 bridgehead atoms. The number of halogens is 1. The molecule has 0 aliphatic rings. The summed E-state index contributed by atoms with van der Waals surface area (Å²) in [7, 11) is -1.16. The van der Waals surface area contributed by atoms with Gasteiger partial charge in [-0.3, -0.25) is 4.99 Å². The quantitative estimate of drug-likeness (QED) is 0.325. The molecular weight excluding hydrogens is 341 g/mol. The van der Waals surface area contributed by atoms with E-state index >= 15 is 0 Å². The molecule has 2 N–H and O–H groups in total. The smallest absolute Gasteiger partial charge is 0.191 e. The minimum absolute atomic E-state index is 0. The van der Waals surface area contributed by atoms with Crippen molar-refractivity contribution in [1.82, 2.24) is 10.6 Å². The van der Waals surface area contributed by atoms with Gasteiger partial charge in [-0.05, 0) is 20.3 Å². The molecule has 0 atom stereocenters. The summed E-state index contributed by atoms with van der Waals surface area (Å²) in [5.74, 6) is 0.914. The Morgan fingerprint density at radius 3 is 2.31 bits per heavy atom. The first kappa shape index (κ1) is 18.3. The highest BCUT2D eigenvalue weighted by Gasteiger charge is 2.02. The van der Waals surface area contributed by atoms with Crippen molar-refractivity contribution >= 4 is 39.8 Å². The Morgan fingerprint density at radius 1 is 1.38 bits per heavy atom. The van der Waals surface area contributed by atoms with Gasteiger partial charge in [-0.15, -0.1) is 24.0 Å². The second-order valence-corrected chi connectivity index (χ2v) is 6.04. The normalized spacial score (nSPS) is 12.2. The van der Waals surface area contributed by atoms with Crippen molar-refractivity contribution in [3.05, 3.63) is 0 Å². The van der Waals surface area contributed by atoms with E-state index in [0.717, 1.165) is 0 Å². The number of guanidine groups is 1. The third-order valence-corrected chi connectivity index (χ3v) is 2.66. The fourth-order valence-electron chi connectivity index (χ4n) is 1.01. The second-order valence-electron chi connectivity index (χ2n) is 3.78. The van der Waals surface area contributed by atoms with E-state index in [-0.39, 0.29) is 29.7 Å². The largest absolute Gasteiger partial charge is 0.356 e. The first-order valence-corrected chi connectivity index (χ1v) is 7.06. The average Bonchev–Trinajstić information content (AvgIpc) is 2.08. The van der Waals surface area contributed by atoms with E-state index in [0.29, 0.717) is 25.0 Å². The summed E-state index contributed by atoms with van der Waals surface area (Å²) < 4.78 is 21.7. The Hall–Kier alpha value is -0.0500. The van der Waals surface area contributed by atoms with Gasteiger partial charge >= 0.3 is 0 Å². The number of aliphatic imine (C=N–C) groups is 1. The number of hydrogen-bond acceptors (Lipinski definition) is 3. The lowest BCUT2D eigenvalue weighted by Gasteiger charge is -2.13. The highest BCUT2D eigenvalue weighted by Crippen LogP contribution is 1.87. The van der Waals surface area contributed by atoms with Gasteiger partial charge in [0.25, 0.3) is 0 Å². The first-order chi connectivity index (χ1) is 6.85. The first-order valence-electron chi connectivity index (χ1n) is 5.00. The molecule has 0 aromatic heterocycles. The van der Waals surface area contributed by atoms with Crippen molar-refractivity contribution in [1.29, 1.82) is 0 Å². The van der Waals surface area contributed by atoms with Crippen LogP contribution in [0.2, 0.25) is 0 Å². The number of nitrogens with one attached hydrogen (secondary N) is 2. The third kappa shape index (κ3) is 12.0. The van der Waals surface area contributed by atoms with Crippen LogP contribution in [0.1, 0.15) is 20.3 Å². The van der Waals surface area contributed by atoms with Crippen molar-refractivity contribution < 1.29 is 8.42 Å². The molecule has 98 valence electrons. The molecule has 0 heterocycles. The molecule has 0 aliphatic heterocycles. The Labute approximate surface area is 115 Å². The molecule has 0 aliphatic carbocycles. The highest BCUT2D eigenvalue weighted by atomic mass is 127. The van der Waals surface area contributed by atoms with Gasteiger partial charge in [0, 0.05) is 25.9 Å². The minimum Gasteiger partial charge on any atom is -0.356 e. The lowest BCUT2D eigenvalue weighted by Crippen LogP contribution is -2.41. The maximum atomic E-state index is 10.8. The van der Waals surface area contributed by atoms with Gasteiger partial charge in [0.2, 0.25) is 0 Å². The maximum Gasteiger partial charge on any atom is 0.191 e. The van der Waals surface area contributed by atoms with Gasteiger partial charge < -0.3 is 10.6 Å². The fraction of sp³-hybridized carbons (Fsp3) is 0.889. The Bertz CT molecular complexity index is 302. The van der Waals surface area contributed by atoms with Crippen LogP contribution < -0.4 is 10.6 Å². The van der Waals surface area contributed by atoms with Gasteiger partial charge in [-0.25, -0.2) is 8.42 Å². The van der Waals surface area contributed by atoms with Crippen molar-refractivity contribution in [2.45, 2.75) is 26.3 Å². The number of hydrogen-bond donors (Lipinski definition) is 2. The number of rotatable bonds is 5. The molecule has 16 heavy (non-hydrogen) atoms. The summed E-state index contributed by atoms with van der Waals surface area (Å²) >= 11 is 0. The fourth-order valence-corrected chi connectivity index (χ4v) is 1.68. The SMILES string of the molecule is CN=C(NCCCS(C)(=O)=O)NC(C)C.I. The molecule has 7 heteroatoms. The highest BCUT2D eigenvalue weighted by molar-refractivity contribution is 14.0. The third-order valence-electron chi connectivity index (χ3n) is 1.63. The van der Waals surface area contributed by atoms with Crippen molar-refractivity contribution in [2.75, 3.05) is 25.6 Å². The van der Waals surface area contributed by atoms with Crippen LogP contribution in [0.3, 0.4) is 0 Å². The lowest BCUT2D eigenvalue weighted by atomic mass is 10.4. The zero-order chi connectivity index (χ0) is 11.9. The molecule has 0 saturated heterocycles. The van der Waals surface area contributed by atoms with Gasteiger partial charge in [0.1, 0.15) is 9.84 Å². The molecule has 0 radical (unpaired) electrons. The van der Waals surface area contributed by atoms with Crippen LogP contribution in [0, 0.1) is 0 Å². The molecule has 0 amide bonds. The van der Waals surface area contributed by atoms with Gasteiger partial charge in [0.15, 0.2) is 5.96 Å². The lowest BCUT2D eigenvalue weighted by molar-refractivity contribution is 0.598. The summed E-state index contributed by atoms with van der Waals surface area (Å²) in [5.41, 5.74) is 0. The summed E-state index contributed by atoms with van der Waals surface area (Å²) in [6.45, 7) is 4.65. The number of nitrogens with zero attached hydrogens (tertiary/aromatic N) is 1. The Balaban J connectivity index is 0. The summed E-state index contributed by atoms with van der Waals surface area (Å²) in [4.78, 5) is 4.01.